The Kier molecular flexibility index (Phi) is 3.24. The molecular weight excluding hydrogens is 188 g/mol. The zero-order valence-electron chi connectivity index (χ0n) is 7.27. The number of hydrogen-bond donors (Lipinski definition) is 3. The second kappa shape index (κ2) is 4.43. The van der Waals surface area contributed by atoms with Crippen LogP contribution in [0.3, 0.4) is 0 Å². The maximum Gasteiger partial charge on any atom is 0.322 e. The minimum atomic E-state index is -1.16. The molecule has 0 radical (unpaired) electrons. The Morgan fingerprint density at radius 1 is 1.64 bits per heavy atom. The van der Waals surface area contributed by atoms with Gasteiger partial charge in [-0.3, -0.25) is 9.59 Å². The lowest BCUT2D eigenvalue weighted by Gasteiger charge is -2.06. The monoisotopic (exact) mass is 198 g/mol. The lowest BCUT2D eigenvalue weighted by atomic mass is 10.3. The zero-order chi connectivity index (χ0) is 10.6. The number of carbonyl (C=O) groups excluding carboxylic acids is 1. The summed E-state index contributed by atoms with van der Waals surface area (Å²) >= 11 is 0. The molecule has 1 atom stereocenters. The fourth-order valence-corrected chi connectivity index (χ4v) is 0.785. The fraction of sp³-hybridized carbons (Fsp3) is 0.250. The number of amides is 1. The fourth-order valence-electron chi connectivity index (χ4n) is 0.785. The number of rotatable bonds is 4. The Balaban J connectivity index is 2.40. The molecule has 0 fully saturated rings. The molecule has 6 heteroatoms. The summed E-state index contributed by atoms with van der Waals surface area (Å²) in [6.07, 6.45) is 1.35. The van der Waals surface area contributed by atoms with Crippen molar-refractivity contribution in [3.05, 3.63) is 24.2 Å². The van der Waals surface area contributed by atoms with E-state index < -0.39 is 17.9 Å². The third kappa shape index (κ3) is 2.60. The van der Waals surface area contributed by atoms with Crippen LogP contribution in [0.4, 0.5) is 0 Å². The van der Waals surface area contributed by atoms with Gasteiger partial charge >= 0.3 is 5.97 Å². The maximum absolute atomic E-state index is 11.2. The third-order valence-electron chi connectivity index (χ3n) is 1.54. The molecule has 0 aliphatic rings. The van der Waals surface area contributed by atoms with Crippen molar-refractivity contribution < 1.29 is 19.1 Å². The first-order valence-corrected chi connectivity index (χ1v) is 3.91. The van der Waals surface area contributed by atoms with E-state index in [0.717, 1.165) is 0 Å². The van der Waals surface area contributed by atoms with E-state index in [4.69, 9.17) is 15.3 Å². The molecule has 0 aliphatic heterocycles. The highest BCUT2D eigenvalue weighted by molar-refractivity contribution is 5.91. The van der Waals surface area contributed by atoms with Crippen molar-refractivity contribution in [1.29, 1.82) is 0 Å². The van der Waals surface area contributed by atoms with Gasteiger partial charge in [0.25, 0.3) is 5.91 Å². The van der Waals surface area contributed by atoms with Crippen LogP contribution >= 0.6 is 0 Å². The van der Waals surface area contributed by atoms with Gasteiger partial charge in [-0.25, -0.2) is 0 Å². The number of furan rings is 1. The van der Waals surface area contributed by atoms with Crippen LogP contribution in [-0.4, -0.2) is 29.6 Å². The molecule has 1 aromatic rings. The van der Waals surface area contributed by atoms with E-state index in [1.807, 2.05) is 0 Å². The number of carboxylic acid groups (broad SMARTS) is 1. The number of aliphatic carboxylic acids is 1. The number of carboxylic acids is 1. The van der Waals surface area contributed by atoms with Crippen molar-refractivity contribution in [2.45, 2.75) is 6.04 Å². The van der Waals surface area contributed by atoms with Crippen molar-refractivity contribution >= 4 is 11.9 Å². The predicted octanol–water partition coefficient (Wildman–Crippen LogP) is -0.579. The molecular formula is C8H10N2O4. The molecule has 4 N–H and O–H groups in total. The first-order valence-electron chi connectivity index (χ1n) is 3.91. The Hall–Kier alpha value is -1.82. The Morgan fingerprint density at radius 2 is 2.36 bits per heavy atom. The van der Waals surface area contributed by atoms with Gasteiger partial charge in [-0.1, -0.05) is 0 Å². The summed E-state index contributed by atoms with van der Waals surface area (Å²) in [5, 5.41) is 10.8. The topological polar surface area (TPSA) is 106 Å². The van der Waals surface area contributed by atoms with Crippen LogP contribution in [-0.2, 0) is 4.79 Å². The van der Waals surface area contributed by atoms with Gasteiger partial charge in [0.05, 0.1) is 6.26 Å². The predicted molar refractivity (Wildman–Crippen MR) is 46.7 cm³/mol. The second-order valence-corrected chi connectivity index (χ2v) is 2.63. The van der Waals surface area contributed by atoms with Gasteiger partial charge in [-0.2, -0.15) is 0 Å². The Bertz CT molecular complexity index is 320. The van der Waals surface area contributed by atoms with Crippen LogP contribution in [0.5, 0.6) is 0 Å². The molecule has 1 rings (SSSR count). The van der Waals surface area contributed by atoms with E-state index in [1.165, 1.54) is 12.3 Å². The van der Waals surface area contributed by atoms with Gasteiger partial charge in [0.15, 0.2) is 5.76 Å². The Labute approximate surface area is 79.7 Å². The SMILES string of the molecule is NC(CNC(=O)c1ccco1)C(=O)O. The number of nitrogens with one attached hydrogen (secondary N) is 1. The molecule has 1 unspecified atom stereocenters. The van der Waals surface area contributed by atoms with E-state index in [1.54, 1.807) is 6.07 Å². The number of nitrogens with two attached hydrogens (primary N) is 1. The van der Waals surface area contributed by atoms with E-state index in [9.17, 15) is 9.59 Å². The summed E-state index contributed by atoms with van der Waals surface area (Å²) in [6.45, 7) is -0.130. The summed E-state index contributed by atoms with van der Waals surface area (Å²) in [6, 6.07) is 1.93. The van der Waals surface area contributed by atoms with E-state index in [0.29, 0.717) is 0 Å². The van der Waals surface area contributed by atoms with Crippen molar-refractivity contribution in [1.82, 2.24) is 5.32 Å². The van der Waals surface area contributed by atoms with Crippen LogP contribution in [0.25, 0.3) is 0 Å². The molecule has 0 saturated heterocycles. The number of hydrogen-bond acceptors (Lipinski definition) is 4. The van der Waals surface area contributed by atoms with Crippen molar-refractivity contribution in [2.24, 2.45) is 5.73 Å². The number of carbonyl (C=O) groups is 2. The van der Waals surface area contributed by atoms with Gasteiger partial charge in [-0.15, -0.1) is 0 Å². The van der Waals surface area contributed by atoms with Crippen LogP contribution in [0.1, 0.15) is 10.6 Å². The molecule has 0 bridgehead atoms. The molecule has 6 nitrogen and oxygen atoms in total. The van der Waals surface area contributed by atoms with Crippen LogP contribution in [0.15, 0.2) is 22.8 Å². The zero-order valence-corrected chi connectivity index (χ0v) is 7.27. The van der Waals surface area contributed by atoms with Gasteiger partial charge in [0.1, 0.15) is 6.04 Å². The summed E-state index contributed by atoms with van der Waals surface area (Å²) in [7, 11) is 0. The second-order valence-electron chi connectivity index (χ2n) is 2.63. The molecule has 0 spiro atoms. The van der Waals surface area contributed by atoms with Crippen LogP contribution < -0.4 is 11.1 Å². The smallest absolute Gasteiger partial charge is 0.322 e. The van der Waals surface area contributed by atoms with Gasteiger partial charge in [0, 0.05) is 6.54 Å². The molecule has 76 valence electrons. The molecule has 1 heterocycles. The third-order valence-corrected chi connectivity index (χ3v) is 1.54. The first-order chi connectivity index (χ1) is 6.61. The molecule has 0 aromatic carbocycles. The lowest BCUT2D eigenvalue weighted by molar-refractivity contribution is -0.138. The van der Waals surface area contributed by atoms with Gasteiger partial charge in [0.2, 0.25) is 0 Å². The van der Waals surface area contributed by atoms with Crippen molar-refractivity contribution in [2.75, 3.05) is 6.54 Å². The van der Waals surface area contributed by atoms with Crippen molar-refractivity contribution in [3.63, 3.8) is 0 Å². The van der Waals surface area contributed by atoms with E-state index in [-0.39, 0.29) is 12.3 Å². The summed E-state index contributed by atoms with van der Waals surface area (Å²) in [4.78, 5) is 21.5. The quantitative estimate of drug-likeness (QED) is 0.600. The standard InChI is InChI=1S/C8H10N2O4/c9-5(8(12)13)4-10-7(11)6-2-1-3-14-6/h1-3,5H,4,9H2,(H,10,11)(H,12,13). The molecule has 0 aliphatic carbocycles. The molecule has 0 saturated carbocycles. The summed E-state index contributed by atoms with van der Waals surface area (Å²) < 4.78 is 4.79. The van der Waals surface area contributed by atoms with Gasteiger partial charge in [-0.05, 0) is 12.1 Å². The minimum Gasteiger partial charge on any atom is -0.480 e. The summed E-state index contributed by atoms with van der Waals surface area (Å²) in [5.41, 5.74) is 5.17. The minimum absolute atomic E-state index is 0.127. The molecule has 1 aromatic heterocycles. The lowest BCUT2D eigenvalue weighted by Crippen LogP contribution is -2.42. The van der Waals surface area contributed by atoms with Gasteiger partial charge < -0.3 is 20.6 Å². The highest BCUT2D eigenvalue weighted by atomic mass is 16.4. The van der Waals surface area contributed by atoms with Crippen LogP contribution in [0, 0.1) is 0 Å². The molecule has 14 heavy (non-hydrogen) atoms. The largest absolute Gasteiger partial charge is 0.480 e. The highest BCUT2D eigenvalue weighted by Gasteiger charge is 2.14. The van der Waals surface area contributed by atoms with Crippen molar-refractivity contribution in [3.8, 4) is 0 Å². The maximum atomic E-state index is 11.2. The Morgan fingerprint density at radius 3 is 2.86 bits per heavy atom. The molecule has 1 amide bonds. The van der Waals surface area contributed by atoms with E-state index in [2.05, 4.69) is 5.32 Å². The first kappa shape index (κ1) is 10.3. The average molecular weight is 198 g/mol. The summed E-state index contributed by atoms with van der Waals surface area (Å²) in [5.74, 6) is -1.51. The normalized spacial score (nSPS) is 12.1. The highest BCUT2D eigenvalue weighted by Crippen LogP contribution is 1.98. The van der Waals surface area contributed by atoms with E-state index >= 15 is 0 Å². The van der Waals surface area contributed by atoms with Crippen LogP contribution in [0.2, 0.25) is 0 Å². The average Bonchev–Trinajstić information content (AvgIpc) is 2.66.